The maximum absolute atomic E-state index is 12.8. The van der Waals surface area contributed by atoms with Crippen molar-refractivity contribution in [2.45, 2.75) is 45.4 Å². The largest absolute Gasteiger partial charge is 0.444 e. The third-order valence-corrected chi connectivity index (χ3v) is 6.53. The molecule has 0 N–H and O–H groups in total. The number of rotatable bonds is 4. The fourth-order valence-electron chi connectivity index (χ4n) is 3.60. The lowest BCUT2D eigenvalue weighted by atomic mass is 10.1. The minimum absolute atomic E-state index is 0.0233. The van der Waals surface area contributed by atoms with Crippen LogP contribution in [0.15, 0.2) is 41.8 Å². The number of fused-ring (bicyclic) bond motifs is 2. The van der Waals surface area contributed by atoms with Gasteiger partial charge in [-0.05, 0) is 38.7 Å². The van der Waals surface area contributed by atoms with Gasteiger partial charge in [0.05, 0.1) is 19.3 Å². The summed E-state index contributed by atoms with van der Waals surface area (Å²) in [5, 5.41) is 1.28. The molecule has 3 atom stereocenters. The van der Waals surface area contributed by atoms with Crippen molar-refractivity contribution < 1.29 is 22.7 Å². The summed E-state index contributed by atoms with van der Waals surface area (Å²) >= 11 is 0. The first kappa shape index (κ1) is 21.8. The second-order valence-corrected chi connectivity index (χ2v) is 10.4. The van der Waals surface area contributed by atoms with Gasteiger partial charge in [-0.25, -0.2) is 13.2 Å². The van der Waals surface area contributed by atoms with Gasteiger partial charge in [0.2, 0.25) is 10.0 Å². The van der Waals surface area contributed by atoms with E-state index in [4.69, 9.17) is 9.47 Å². The number of benzene rings is 1. The molecule has 7 nitrogen and oxygen atoms in total. The lowest BCUT2D eigenvalue weighted by Crippen LogP contribution is -2.48. The average molecular weight is 423 g/mol. The number of carbonyl (C=O) groups is 1. The van der Waals surface area contributed by atoms with Crippen molar-refractivity contribution in [2.24, 2.45) is 5.92 Å². The van der Waals surface area contributed by atoms with Crippen molar-refractivity contribution in [2.75, 3.05) is 26.2 Å². The van der Waals surface area contributed by atoms with Gasteiger partial charge in [-0.1, -0.05) is 36.4 Å². The van der Waals surface area contributed by atoms with Crippen molar-refractivity contribution in [3.8, 4) is 0 Å². The number of carbonyl (C=O) groups excluding carboxylic acids is 1. The number of amides is 1. The van der Waals surface area contributed by atoms with E-state index >= 15 is 0 Å². The van der Waals surface area contributed by atoms with Gasteiger partial charge >= 0.3 is 6.09 Å². The molecule has 2 aliphatic rings. The molecule has 0 spiro atoms. The number of hydrogen-bond acceptors (Lipinski definition) is 5. The van der Waals surface area contributed by atoms with Crippen molar-refractivity contribution in [1.82, 2.24) is 9.21 Å². The molecule has 2 heterocycles. The number of allylic oxidation sites excluding steroid dienone is 1. The minimum Gasteiger partial charge on any atom is -0.444 e. The summed E-state index contributed by atoms with van der Waals surface area (Å²) in [5.74, 6) is 0.0233. The highest BCUT2D eigenvalue weighted by molar-refractivity contribution is 7.92. The van der Waals surface area contributed by atoms with Crippen molar-refractivity contribution in [1.29, 1.82) is 0 Å². The maximum Gasteiger partial charge on any atom is 0.410 e. The molecule has 160 valence electrons. The van der Waals surface area contributed by atoms with E-state index < -0.39 is 27.8 Å². The van der Waals surface area contributed by atoms with E-state index in [1.165, 1.54) is 9.71 Å². The molecule has 1 amide bonds. The molecule has 29 heavy (non-hydrogen) atoms. The second-order valence-electron chi connectivity index (χ2n) is 8.63. The molecular weight excluding hydrogens is 392 g/mol. The van der Waals surface area contributed by atoms with Gasteiger partial charge in [0, 0.05) is 25.0 Å². The predicted molar refractivity (Wildman–Crippen MR) is 111 cm³/mol. The van der Waals surface area contributed by atoms with Crippen LogP contribution in [0.25, 0.3) is 0 Å². The quantitative estimate of drug-likeness (QED) is 0.746. The predicted octanol–water partition coefficient (Wildman–Crippen LogP) is 2.99. The maximum atomic E-state index is 12.8. The summed E-state index contributed by atoms with van der Waals surface area (Å²) < 4.78 is 38.4. The van der Waals surface area contributed by atoms with Crippen molar-refractivity contribution >= 4 is 16.1 Å². The Morgan fingerprint density at radius 3 is 2.55 bits per heavy atom. The van der Waals surface area contributed by atoms with Crippen LogP contribution < -0.4 is 0 Å². The molecule has 8 heteroatoms. The Morgan fingerprint density at radius 1 is 1.14 bits per heavy atom. The summed E-state index contributed by atoms with van der Waals surface area (Å²) in [6.45, 7) is 7.13. The monoisotopic (exact) mass is 422 g/mol. The van der Waals surface area contributed by atoms with E-state index in [9.17, 15) is 13.2 Å². The molecule has 1 aromatic carbocycles. The van der Waals surface area contributed by atoms with E-state index in [2.05, 4.69) is 0 Å². The van der Waals surface area contributed by atoms with E-state index in [1.807, 2.05) is 51.1 Å². The molecule has 1 fully saturated rings. The van der Waals surface area contributed by atoms with Crippen molar-refractivity contribution in [3.63, 3.8) is 0 Å². The molecule has 1 unspecified atom stereocenters. The van der Waals surface area contributed by atoms with Crippen LogP contribution in [0.2, 0.25) is 0 Å². The average Bonchev–Trinajstić information content (AvgIpc) is 2.90. The zero-order valence-electron chi connectivity index (χ0n) is 17.3. The van der Waals surface area contributed by atoms with Crippen LogP contribution in [-0.2, 0) is 26.1 Å². The molecule has 2 bridgehead atoms. The second kappa shape index (κ2) is 8.85. The Bertz CT molecular complexity index is 832. The van der Waals surface area contributed by atoms with Crippen LogP contribution in [0.1, 0.15) is 32.8 Å². The molecule has 1 aromatic rings. The minimum atomic E-state index is -3.55. The fraction of sp³-hybridized carbons (Fsp3) is 0.571. The van der Waals surface area contributed by atoms with Crippen LogP contribution in [-0.4, -0.2) is 61.6 Å². The Kier molecular flexibility index (Phi) is 6.65. The van der Waals surface area contributed by atoms with Crippen LogP contribution >= 0.6 is 0 Å². The number of ether oxygens (including phenoxy) is 2. The number of nitrogens with zero attached hydrogens (tertiary/aromatic N) is 2. The third-order valence-electron chi connectivity index (χ3n) is 4.89. The highest BCUT2D eigenvalue weighted by Crippen LogP contribution is 2.26. The van der Waals surface area contributed by atoms with Crippen LogP contribution in [0.3, 0.4) is 0 Å². The summed E-state index contributed by atoms with van der Waals surface area (Å²) in [6, 6.07) is 9.25. The summed E-state index contributed by atoms with van der Waals surface area (Å²) in [5.41, 5.74) is 0.405. The highest BCUT2D eigenvalue weighted by Gasteiger charge is 2.39. The molecule has 2 aliphatic heterocycles. The first-order valence-corrected chi connectivity index (χ1v) is 11.4. The summed E-state index contributed by atoms with van der Waals surface area (Å²) in [4.78, 5) is 14.3. The topological polar surface area (TPSA) is 76.2 Å². The summed E-state index contributed by atoms with van der Waals surface area (Å²) in [6.07, 6.45) is 1.87. The van der Waals surface area contributed by atoms with Crippen LogP contribution in [0.5, 0.6) is 0 Å². The molecular formula is C21H30N2O5S. The van der Waals surface area contributed by atoms with Crippen LogP contribution in [0.4, 0.5) is 4.79 Å². The Labute approximate surface area is 173 Å². The Balaban J connectivity index is 1.77. The van der Waals surface area contributed by atoms with Gasteiger partial charge < -0.3 is 14.4 Å². The Hall–Kier alpha value is -1.90. The smallest absolute Gasteiger partial charge is 0.410 e. The van der Waals surface area contributed by atoms with Crippen LogP contribution in [0, 0.1) is 5.92 Å². The first-order valence-electron chi connectivity index (χ1n) is 9.92. The molecule has 1 saturated heterocycles. The zero-order valence-corrected chi connectivity index (χ0v) is 18.1. The van der Waals surface area contributed by atoms with E-state index in [0.29, 0.717) is 26.1 Å². The lowest BCUT2D eigenvalue weighted by Gasteiger charge is -2.31. The summed E-state index contributed by atoms with van der Waals surface area (Å²) in [7, 11) is -3.55. The van der Waals surface area contributed by atoms with Crippen molar-refractivity contribution in [3.05, 3.63) is 47.4 Å². The zero-order chi connectivity index (χ0) is 21.1. The first-order chi connectivity index (χ1) is 13.6. The fourth-order valence-corrected chi connectivity index (χ4v) is 5.07. The lowest BCUT2D eigenvalue weighted by molar-refractivity contribution is 0.0177. The molecule has 0 aliphatic carbocycles. The van der Waals surface area contributed by atoms with E-state index in [-0.39, 0.29) is 19.1 Å². The third kappa shape index (κ3) is 6.04. The van der Waals surface area contributed by atoms with E-state index in [1.54, 1.807) is 11.0 Å². The van der Waals surface area contributed by atoms with Gasteiger partial charge in [-0.3, -0.25) is 0 Å². The highest BCUT2D eigenvalue weighted by atomic mass is 32.2. The SMILES string of the molecule is CC(C)(C)OC(=O)N1C[C@@H]2CC=CS(=O)(=O)N(C2)[C@@H](COCc2ccccc2)C1. The van der Waals surface area contributed by atoms with Gasteiger partial charge in [0.25, 0.3) is 0 Å². The van der Waals surface area contributed by atoms with Gasteiger partial charge in [0.15, 0.2) is 0 Å². The van der Waals surface area contributed by atoms with E-state index in [0.717, 1.165) is 5.56 Å². The van der Waals surface area contributed by atoms with Gasteiger partial charge in [-0.2, -0.15) is 4.31 Å². The molecule has 0 radical (unpaired) electrons. The Morgan fingerprint density at radius 2 is 1.86 bits per heavy atom. The normalized spacial score (nSPS) is 26.4. The number of sulfonamides is 1. The molecule has 0 saturated carbocycles. The van der Waals surface area contributed by atoms with Gasteiger partial charge in [-0.15, -0.1) is 0 Å². The molecule has 3 rings (SSSR count). The number of hydrogen-bond donors (Lipinski definition) is 0. The van der Waals surface area contributed by atoms with Gasteiger partial charge in [0.1, 0.15) is 5.60 Å². The standard InChI is InChI=1S/C21H30N2O5S/c1-21(2,3)28-20(24)22-12-18-10-7-11-29(25,26)23(13-18)19(14-22)16-27-15-17-8-5-4-6-9-17/h4-9,11,18-19H,10,12-16H2,1-3H3/t18-,19+/m0/s1. The molecule has 0 aromatic heterocycles.